The first-order valence-electron chi connectivity index (χ1n) is 6.68. The molecule has 0 bridgehead atoms. The molecule has 0 spiro atoms. The molecule has 0 unspecified atom stereocenters. The van der Waals surface area contributed by atoms with Gasteiger partial charge in [0.25, 0.3) is 0 Å². The van der Waals surface area contributed by atoms with E-state index in [1.54, 1.807) is 0 Å². The third kappa shape index (κ3) is 2.50. The van der Waals surface area contributed by atoms with Crippen LogP contribution >= 0.6 is 0 Å². The molecule has 19 heavy (non-hydrogen) atoms. The number of nitrogens with zero attached hydrogens (tertiary/aromatic N) is 1. The normalized spacial score (nSPS) is 11.2. The lowest BCUT2D eigenvalue weighted by Gasteiger charge is -2.03. The van der Waals surface area contributed by atoms with Crippen molar-refractivity contribution >= 4 is 16.9 Å². The topological polar surface area (TPSA) is 42.2 Å². The fourth-order valence-electron chi connectivity index (χ4n) is 2.93. The zero-order valence-electron chi connectivity index (χ0n) is 12.1. The Morgan fingerprint density at radius 3 is 2.58 bits per heavy atom. The van der Waals surface area contributed by atoms with Crippen LogP contribution in [0.5, 0.6) is 0 Å². The van der Waals surface area contributed by atoms with Gasteiger partial charge in [0.15, 0.2) is 0 Å². The van der Waals surface area contributed by atoms with Crippen LogP contribution in [-0.2, 0) is 18.3 Å². The number of carboxylic acids is 1. The first kappa shape index (κ1) is 13.7. The van der Waals surface area contributed by atoms with E-state index in [1.165, 1.54) is 33.3 Å². The van der Waals surface area contributed by atoms with Gasteiger partial charge in [0.05, 0.1) is 5.52 Å². The lowest BCUT2D eigenvalue weighted by Crippen LogP contribution is -1.97. The zero-order chi connectivity index (χ0) is 14.2. The summed E-state index contributed by atoms with van der Waals surface area (Å²) < 4.78 is 2.22. The summed E-state index contributed by atoms with van der Waals surface area (Å²) in [5.41, 5.74) is 6.35. The molecule has 3 nitrogen and oxygen atoms in total. The number of fused-ring (bicyclic) bond motifs is 1. The summed E-state index contributed by atoms with van der Waals surface area (Å²) in [5.74, 6) is -0.717. The SMILES string of the molecule is Cc1cc(C)c2c(c1)c(CCCC(=O)O)c(C)n2C. The van der Waals surface area contributed by atoms with Crippen molar-refractivity contribution in [2.75, 3.05) is 0 Å². The molecule has 1 aromatic carbocycles. The van der Waals surface area contributed by atoms with Gasteiger partial charge in [-0.25, -0.2) is 0 Å². The molecule has 0 radical (unpaired) electrons. The van der Waals surface area contributed by atoms with Crippen LogP contribution in [0.4, 0.5) is 0 Å². The van der Waals surface area contributed by atoms with Crippen LogP contribution in [0.3, 0.4) is 0 Å². The molecular weight excluding hydrogens is 238 g/mol. The summed E-state index contributed by atoms with van der Waals surface area (Å²) in [7, 11) is 2.08. The summed E-state index contributed by atoms with van der Waals surface area (Å²) in [6.45, 7) is 6.36. The second-order valence-electron chi connectivity index (χ2n) is 5.35. The summed E-state index contributed by atoms with van der Waals surface area (Å²) in [6, 6.07) is 4.41. The van der Waals surface area contributed by atoms with Crippen molar-refractivity contribution in [3.05, 3.63) is 34.5 Å². The Bertz CT molecular complexity index is 638. The van der Waals surface area contributed by atoms with E-state index in [4.69, 9.17) is 5.11 Å². The molecule has 2 aromatic rings. The number of aryl methyl sites for hydroxylation is 4. The highest BCUT2D eigenvalue weighted by molar-refractivity contribution is 5.88. The molecule has 0 saturated heterocycles. The Hall–Kier alpha value is -1.77. The van der Waals surface area contributed by atoms with Crippen LogP contribution in [0.2, 0.25) is 0 Å². The minimum Gasteiger partial charge on any atom is -0.481 e. The van der Waals surface area contributed by atoms with Gasteiger partial charge in [0.1, 0.15) is 0 Å². The van der Waals surface area contributed by atoms with Crippen LogP contribution in [0.1, 0.15) is 35.2 Å². The van der Waals surface area contributed by atoms with Gasteiger partial charge >= 0.3 is 5.97 Å². The predicted molar refractivity (Wildman–Crippen MR) is 77.7 cm³/mol. The van der Waals surface area contributed by atoms with E-state index in [0.29, 0.717) is 6.42 Å². The molecule has 102 valence electrons. The van der Waals surface area contributed by atoms with Gasteiger partial charge in [-0.05, 0) is 50.8 Å². The maximum atomic E-state index is 10.6. The molecule has 1 N–H and O–H groups in total. The fraction of sp³-hybridized carbons (Fsp3) is 0.438. The maximum Gasteiger partial charge on any atom is 0.303 e. The molecule has 0 aliphatic carbocycles. The van der Waals surface area contributed by atoms with E-state index in [1.807, 2.05) is 0 Å². The first-order chi connectivity index (χ1) is 8.91. The van der Waals surface area contributed by atoms with Crippen LogP contribution < -0.4 is 0 Å². The average molecular weight is 259 g/mol. The number of benzene rings is 1. The Morgan fingerprint density at radius 1 is 1.26 bits per heavy atom. The minimum atomic E-state index is -0.717. The highest BCUT2D eigenvalue weighted by atomic mass is 16.4. The average Bonchev–Trinajstić information content (AvgIpc) is 2.53. The molecule has 0 amide bonds. The quantitative estimate of drug-likeness (QED) is 0.913. The molecule has 0 aliphatic heterocycles. The first-order valence-corrected chi connectivity index (χ1v) is 6.68. The second-order valence-corrected chi connectivity index (χ2v) is 5.35. The van der Waals surface area contributed by atoms with Crippen molar-refractivity contribution < 1.29 is 9.90 Å². The van der Waals surface area contributed by atoms with Crippen molar-refractivity contribution in [2.45, 2.75) is 40.0 Å². The van der Waals surface area contributed by atoms with Gasteiger partial charge < -0.3 is 9.67 Å². The Labute approximate surface area is 113 Å². The predicted octanol–water partition coefficient (Wildman–Crippen LogP) is 3.51. The molecule has 1 aromatic heterocycles. The monoisotopic (exact) mass is 259 g/mol. The Kier molecular flexibility index (Phi) is 3.65. The molecule has 1 heterocycles. The summed E-state index contributed by atoms with van der Waals surface area (Å²) in [6.07, 6.45) is 1.77. The number of aliphatic carboxylic acids is 1. The van der Waals surface area contributed by atoms with E-state index in [9.17, 15) is 4.79 Å². The van der Waals surface area contributed by atoms with Crippen molar-refractivity contribution in [2.24, 2.45) is 7.05 Å². The fourth-order valence-corrected chi connectivity index (χ4v) is 2.93. The third-order valence-corrected chi connectivity index (χ3v) is 3.86. The lowest BCUT2D eigenvalue weighted by atomic mass is 10.0. The lowest BCUT2D eigenvalue weighted by molar-refractivity contribution is -0.137. The molecule has 0 atom stereocenters. The Balaban J connectivity index is 2.48. The van der Waals surface area contributed by atoms with E-state index < -0.39 is 5.97 Å². The van der Waals surface area contributed by atoms with Crippen LogP contribution in [-0.4, -0.2) is 15.6 Å². The number of hydrogen-bond acceptors (Lipinski definition) is 1. The van der Waals surface area contributed by atoms with Crippen LogP contribution in [0.15, 0.2) is 12.1 Å². The highest BCUT2D eigenvalue weighted by Gasteiger charge is 2.14. The molecular formula is C16H21NO2. The minimum absolute atomic E-state index is 0.237. The third-order valence-electron chi connectivity index (χ3n) is 3.86. The van der Waals surface area contributed by atoms with Crippen LogP contribution in [0.25, 0.3) is 10.9 Å². The van der Waals surface area contributed by atoms with Gasteiger partial charge in [0.2, 0.25) is 0 Å². The van der Waals surface area contributed by atoms with Crippen molar-refractivity contribution in [3.8, 4) is 0 Å². The molecule has 0 saturated carbocycles. The van der Waals surface area contributed by atoms with Crippen molar-refractivity contribution in [3.63, 3.8) is 0 Å². The number of carboxylic acid groups (broad SMARTS) is 1. The van der Waals surface area contributed by atoms with Crippen molar-refractivity contribution in [1.29, 1.82) is 0 Å². The number of hydrogen-bond donors (Lipinski definition) is 1. The van der Waals surface area contributed by atoms with Gasteiger partial charge in [-0.1, -0.05) is 11.6 Å². The Morgan fingerprint density at radius 2 is 1.95 bits per heavy atom. The molecule has 3 heteroatoms. The summed E-state index contributed by atoms with van der Waals surface area (Å²) in [4.78, 5) is 10.6. The summed E-state index contributed by atoms with van der Waals surface area (Å²) in [5, 5.41) is 10.0. The maximum absolute atomic E-state index is 10.6. The number of aromatic nitrogens is 1. The number of rotatable bonds is 4. The largest absolute Gasteiger partial charge is 0.481 e. The van der Waals surface area contributed by atoms with E-state index in [0.717, 1.165) is 6.42 Å². The van der Waals surface area contributed by atoms with Gasteiger partial charge in [0, 0.05) is 24.5 Å². The van der Waals surface area contributed by atoms with E-state index >= 15 is 0 Å². The summed E-state index contributed by atoms with van der Waals surface area (Å²) >= 11 is 0. The number of carbonyl (C=O) groups is 1. The van der Waals surface area contributed by atoms with Crippen molar-refractivity contribution in [1.82, 2.24) is 4.57 Å². The van der Waals surface area contributed by atoms with E-state index in [-0.39, 0.29) is 6.42 Å². The highest BCUT2D eigenvalue weighted by Crippen LogP contribution is 2.29. The molecule has 0 fully saturated rings. The smallest absolute Gasteiger partial charge is 0.303 e. The van der Waals surface area contributed by atoms with Gasteiger partial charge in [-0.2, -0.15) is 0 Å². The zero-order valence-corrected chi connectivity index (χ0v) is 12.1. The van der Waals surface area contributed by atoms with E-state index in [2.05, 4.69) is 44.5 Å². The molecule has 2 rings (SSSR count). The van der Waals surface area contributed by atoms with Crippen LogP contribution in [0, 0.1) is 20.8 Å². The molecule has 0 aliphatic rings. The van der Waals surface area contributed by atoms with Gasteiger partial charge in [-0.3, -0.25) is 4.79 Å². The standard InChI is InChI=1S/C16H21NO2/c1-10-8-11(2)16-14(9-10)13(12(3)17(16)4)6-5-7-15(18)19/h8-9H,5-7H2,1-4H3,(H,18,19). The van der Waals surface area contributed by atoms with Gasteiger partial charge in [-0.15, -0.1) is 0 Å². The second kappa shape index (κ2) is 5.08.